The summed E-state index contributed by atoms with van der Waals surface area (Å²) < 4.78 is 0. The van der Waals surface area contributed by atoms with Gasteiger partial charge in [0.2, 0.25) is 0 Å². The predicted molar refractivity (Wildman–Crippen MR) is 74.3 cm³/mol. The summed E-state index contributed by atoms with van der Waals surface area (Å²) in [6.45, 7) is 2.35. The molecule has 2 aliphatic carbocycles. The number of halogens is 1. The lowest BCUT2D eigenvalue weighted by Crippen LogP contribution is -2.25. The van der Waals surface area contributed by atoms with Gasteiger partial charge in [-0.05, 0) is 60.6 Å². The van der Waals surface area contributed by atoms with Crippen LogP contribution in [0.4, 0.5) is 0 Å². The highest BCUT2D eigenvalue weighted by Crippen LogP contribution is 2.52. The number of hydrogen-bond acceptors (Lipinski definition) is 1. The molecule has 3 rings (SSSR count). The van der Waals surface area contributed by atoms with E-state index in [0.717, 1.165) is 17.8 Å². The average Bonchev–Trinajstić information content (AvgIpc) is 3.00. The van der Waals surface area contributed by atoms with E-state index in [-0.39, 0.29) is 0 Å². The number of alkyl halides is 1. The molecule has 0 N–H and O–H groups in total. The molecule has 0 saturated heterocycles. The second-order valence-electron chi connectivity index (χ2n) is 5.85. The number of aromatic nitrogens is 1. The van der Waals surface area contributed by atoms with Gasteiger partial charge in [-0.1, -0.05) is 29.3 Å². The van der Waals surface area contributed by atoms with E-state index >= 15 is 0 Å². The third-order valence-electron chi connectivity index (χ3n) is 4.91. The Hall–Kier alpha value is -0.370. The van der Waals surface area contributed by atoms with Gasteiger partial charge in [-0.15, -0.1) is 0 Å². The predicted octanol–water partition coefficient (Wildman–Crippen LogP) is 4.38. The Bertz CT molecular complexity index is 378. The molecule has 17 heavy (non-hydrogen) atoms. The van der Waals surface area contributed by atoms with Crippen LogP contribution in [0.5, 0.6) is 0 Å². The Morgan fingerprint density at radius 3 is 2.59 bits per heavy atom. The van der Waals surface area contributed by atoms with Gasteiger partial charge in [-0.25, -0.2) is 0 Å². The fourth-order valence-corrected chi connectivity index (χ4v) is 4.86. The van der Waals surface area contributed by atoms with Crippen LogP contribution in [-0.2, 0) is 0 Å². The van der Waals surface area contributed by atoms with Gasteiger partial charge in [0.15, 0.2) is 0 Å². The van der Waals surface area contributed by atoms with Crippen molar-refractivity contribution in [2.45, 2.75) is 43.4 Å². The Morgan fingerprint density at radius 1 is 1.24 bits per heavy atom. The van der Waals surface area contributed by atoms with E-state index in [9.17, 15) is 0 Å². The molecule has 1 heterocycles. The third kappa shape index (κ3) is 2.16. The maximum Gasteiger partial charge on any atom is 0.0270 e. The zero-order valence-electron chi connectivity index (χ0n) is 10.3. The van der Waals surface area contributed by atoms with Gasteiger partial charge in [-0.2, -0.15) is 0 Å². The zero-order valence-corrected chi connectivity index (χ0v) is 11.9. The highest BCUT2D eigenvalue weighted by Gasteiger charge is 2.43. The summed E-state index contributed by atoms with van der Waals surface area (Å²) in [7, 11) is 0. The smallest absolute Gasteiger partial charge is 0.0270 e. The normalized spacial score (nSPS) is 34.8. The van der Waals surface area contributed by atoms with Crippen LogP contribution >= 0.6 is 15.9 Å². The molecule has 2 fully saturated rings. The molecule has 0 radical (unpaired) electrons. The standard InChI is InChI=1S/C15H20BrN/c1-10(12-4-6-17-7-5-12)15(16)14-9-11-2-3-13(14)8-11/h4-7,10-11,13-15H,2-3,8-9H2,1H3. The number of hydrogen-bond donors (Lipinski definition) is 0. The van der Waals surface area contributed by atoms with E-state index in [1.165, 1.54) is 31.2 Å². The second kappa shape index (κ2) is 4.72. The molecule has 0 spiro atoms. The van der Waals surface area contributed by atoms with Crippen LogP contribution in [0.25, 0.3) is 0 Å². The minimum absolute atomic E-state index is 0.599. The first kappa shape index (κ1) is 11.7. The first-order valence-corrected chi connectivity index (χ1v) is 7.71. The lowest BCUT2D eigenvalue weighted by molar-refractivity contribution is 0.312. The van der Waals surface area contributed by atoms with Crippen molar-refractivity contribution in [2.75, 3.05) is 0 Å². The first-order chi connectivity index (χ1) is 8.25. The van der Waals surface area contributed by atoms with E-state index in [1.807, 2.05) is 12.4 Å². The largest absolute Gasteiger partial charge is 0.265 e. The molecule has 5 unspecified atom stereocenters. The summed E-state index contributed by atoms with van der Waals surface area (Å²) >= 11 is 3.99. The molecule has 1 aromatic heterocycles. The van der Waals surface area contributed by atoms with Crippen molar-refractivity contribution in [3.8, 4) is 0 Å². The third-order valence-corrected chi connectivity index (χ3v) is 6.38. The van der Waals surface area contributed by atoms with Crippen LogP contribution in [0.15, 0.2) is 24.5 Å². The molecule has 1 nitrogen and oxygen atoms in total. The van der Waals surface area contributed by atoms with Gasteiger partial charge >= 0.3 is 0 Å². The van der Waals surface area contributed by atoms with Crippen LogP contribution in [0.2, 0.25) is 0 Å². The molecule has 5 atom stereocenters. The van der Waals surface area contributed by atoms with E-state index < -0.39 is 0 Å². The summed E-state index contributed by atoms with van der Waals surface area (Å²) in [5, 5.41) is 0. The van der Waals surface area contributed by atoms with Gasteiger partial charge in [0.25, 0.3) is 0 Å². The average molecular weight is 294 g/mol. The highest BCUT2D eigenvalue weighted by atomic mass is 79.9. The SMILES string of the molecule is CC(c1ccncc1)C(Br)C1CC2CCC1C2. The summed E-state index contributed by atoms with van der Waals surface area (Å²) in [5.74, 6) is 3.53. The van der Waals surface area contributed by atoms with Crippen molar-refractivity contribution in [3.05, 3.63) is 30.1 Å². The van der Waals surface area contributed by atoms with Gasteiger partial charge in [-0.3, -0.25) is 4.98 Å². The molecule has 1 aromatic rings. The molecule has 0 aliphatic heterocycles. The molecule has 2 bridgehead atoms. The molecular weight excluding hydrogens is 274 g/mol. The van der Waals surface area contributed by atoms with Crippen LogP contribution < -0.4 is 0 Å². The van der Waals surface area contributed by atoms with Gasteiger partial charge in [0.05, 0.1) is 0 Å². The Kier molecular flexibility index (Phi) is 3.25. The minimum atomic E-state index is 0.599. The first-order valence-electron chi connectivity index (χ1n) is 6.79. The van der Waals surface area contributed by atoms with Crippen LogP contribution in [0.1, 0.15) is 44.1 Å². The van der Waals surface area contributed by atoms with Crippen LogP contribution in [0, 0.1) is 17.8 Å². The Labute approximate surface area is 112 Å². The maximum atomic E-state index is 4.11. The molecular formula is C15H20BrN. The molecule has 2 heteroatoms. The van der Waals surface area contributed by atoms with Crippen molar-refractivity contribution in [1.29, 1.82) is 0 Å². The van der Waals surface area contributed by atoms with Crippen molar-refractivity contribution < 1.29 is 0 Å². The lowest BCUT2D eigenvalue weighted by Gasteiger charge is -2.30. The lowest BCUT2D eigenvalue weighted by atomic mass is 9.81. The fourth-order valence-electron chi connectivity index (χ4n) is 3.91. The van der Waals surface area contributed by atoms with Crippen molar-refractivity contribution in [3.63, 3.8) is 0 Å². The van der Waals surface area contributed by atoms with Gasteiger partial charge < -0.3 is 0 Å². The Morgan fingerprint density at radius 2 is 2.00 bits per heavy atom. The van der Waals surface area contributed by atoms with E-state index in [4.69, 9.17) is 0 Å². The molecule has 0 amide bonds. The summed E-state index contributed by atoms with van der Waals surface area (Å²) in [4.78, 5) is 4.75. The summed E-state index contributed by atoms with van der Waals surface area (Å²) in [6.07, 6.45) is 9.73. The molecule has 0 aromatic carbocycles. The molecule has 2 aliphatic rings. The van der Waals surface area contributed by atoms with E-state index in [0.29, 0.717) is 10.7 Å². The Balaban J connectivity index is 1.72. The zero-order chi connectivity index (χ0) is 11.8. The fraction of sp³-hybridized carbons (Fsp3) is 0.667. The minimum Gasteiger partial charge on any atom is -0.265 e. The topological polar surface area (TPSA) is 12.9 Å². The maximum absolute atomic E-state index is 4.11. The van der Waals surface area contributed by atoms with Crippen molar-refractivity contribution >= 4 is 15.9 Å². The van der Waals surface area contributed by atoms with E-state index in [1.54, 1.807) is 0 Å². The summed E-state index contributed by atoms with van der Waals surface area (Å²) in [6, 6.07) is 4.32. The molecule has 92 valence electrons. The van der Waals surface area contributed by atoms with Crippen LogP contribution in [-0.4, -0.2) is 9.81 Å². The van der Waals surface area contributed by atoms with Crippen LogP contribution in [0.3, 0.4) is 0 Å². The number of rotatable bonds is 3. The van der Waals surface area contributed by atoms with Gasteiger partial charge in [0.1, 0.15) is 0 Å². The number of fused-ring (bicyclic) bond motifs is 2. The highest BCUT2D eigenvalue weighted by molar-refractivity contribution is 9.09. The van der Waals surface area contributed by atoms with Crippen molar-refractivity contribution in [1.82, 2.24) is 4.98 Å². The van der Waals surface area contributed by atoms with Crippen molar-refractivity contribution in [2.24, 2.45) is 17.8 Å². The molecule has 2 saturated carbocycles. The second-order valence-corrected chi connectivity index (χ2v) is 6.91. The number of nitrogens with zero attached hydrogens (tertiary/aromatic N) is 1. The quantitative estimate of drug-likeness (QED) is 0.754. The monoisotopic (exact) mass is 293 g/mol. The number of pyridine rings is 1. The van der Waals surface area contributed by atoms with E-state index in [2.05, 4.69) is 40.0 Å². The van der Waals surface area contributed by atoms with Gasteiger partial charge in [0, 0.05) is 17.2 Å². The summed E-state index contributed by atoms with van der Waals surface area (Å²) in [5.41, 5.74) is 1.42.